The Morgan fingerprint density at radius 2 is 2.03 bits per heavy atom. The van der Waals surface area contributed by atoms with Gasteiger partial charge in [-0.3, -0.25) is 0 Å². The van der Waals surface area contributed by atoms with Crippen LogP contribution in [-0.2, 0) is 22.4 Å². The lowest BCUT2D eigenvalue weighted by atomic mass is 9.99. The van der Waals surface area contributed by atoms with Crippen LogP contribution >= 0.6 is 0 Å². The highest BCUT2D eigenvalue weighted by Gasteiger charge is 2.28. The highest BCUT2D eigenvalue weighted by Crippen LogP contribution is 2.37. The molecular weight excluding hydrogens is 470 g/mol. The SMILES string of the molecule is Cc1c(-c2cc(N)c3nnc(Nc4cc5n(n4)CS(=O)(=O)N(C)C5)cc3c2)cnc2c1NCCO2. The quantitative estimate of drug-likeness (QED) is 0.361. The molecule has 0 unspecified atom stereocenters. The maximum atomic E-state index is 12.1. The van der Waals surface area contributed by atoms with Gasteiger partial charge in [-0.1, -0.05) is 0 Å². The molecule has 1 aromatic carbocycles. The Kier molecular flexibility index (Phi) is 4.79. The summed E-state index contributed by atoms with van der Waals surface area (Å²) in [5.41, 5.74) is 12.0. The number of nitrogen functional groups attached to an aromatic ring is 1. The Morgan fingerprint density at radius 3 is 2.89 bits per heavy atom. The first-order valence-corrected chi connectivity index (χ1v) is 12.6. The van der Waals surface area contributed by atoms with Gasteiger partial charge >= 0.3 is 0 Å². The zero-order chi connectivity index (χ0) is 24.3. The lowest BCUT2D eigenvalue weighted by molar-refractivity contribution is 0.310. The highest BCUT2D eigenvalue weighted by molar-refractivity contribution is 7.88. The summed E-state index contributed by atoms with van der Waals surface area (Å²) in [5.74, 6) is 1.36. The summed E-state index contributed by atoms with van der Waals surface area (Å²) in [4.78, 5) is 4.46. The van der Waals surface area contributed by atoms with Gasteiger partial charge in [-0.25, -0.2) is 18.1 Å². The summed E-state index contributed by atoms with van der Waals surface area (Å²) in [5, 5.41) is 20.2. The molecule has 6 rings (SSSR count). The van der Waals surface area contributed by atoms with Gasteiger partial charge in [0.2, 0.25) is 15.9 Å². The minimum absolute atomic E-state index is 0.197. The Bertz CT molecular complexity index is 1600. The van der Waals surface area contributed by atoms with Crippen molar-refractivity contribution in [3.63, 3.8) is 0 Å². The number of hydrogen-bond donors (Lipinski definition) is 3. The van der Waals surface area contributed by atoms with Crippen molar-refractivity contribution in [1.29, 1.82) is 0 Å². The van der Waals surface area contributed by atoms with Crippen LogP contribution in [0.2, 0.25) is 0 Å². The van der Waals surface area contributed by atoms with E-state index in [2.05, 4.69) is 30.9 Å². The van der Waals surface area contributed by atoms with E-state index in [0.717, 1.165) is 40.0 Å². The summed E-state index contributed by atoms with van der Waals surface area (Å²) in [6, 6.07) is 7.50. The van der Waals surface area contributed by atoms with Crippen molar-refractivity contribution in [1.82, 2.24) is 29.3 Å². The minimum Gasteiger partial charge on any atom is -0.474 e. The Balaban J connectivity index is 1.35. The molecule has 0 saturated carbocycles. The largest absolute Gasteiger partial charge is 0.474 e. The van der Waals surface area contributed by atoms with Gasteiger partial charge in [0.25, 0.3) is 0 Å². The second kappa shape index (κ2) is 7.78. The molecule has 0 fully saturated rings. The summed E-state index contributed by atoms with van der Waals surface area (Å²) < 4.78 is 32.7. The molecule has 2 aliphatic rings. The van der Waals surface area contributed by atoms with Gasteiger partial charge in [-0.2, -0.15) is 9.40 Å². The highest BCUT2D eigenvalue weighted by atomic mass is 32.2. The van der Waals surface area contributed by atoms with Crippen LogP contribution in [0.3, 0.4) is 0 Å². The second-order valence-electron chi connectivity index (χ2n) is 8.63. The molecule has 12 nitrogen and oxygen atoms in total. The van der Waals surface area contributed by atoms with Crippen molar-refractivity contribution >= 4 is 43.9 Å². The predicted molar refractivity (Wildman–Crippen MR) is 132 cm³/mol. The molecule has 5 heterocycles. The van der Waals surface area contributed by atoms with Crippen molar-refractivity contribution < 1.29 is 13.2 Å². The number of ether oxygens (including phenoxy) is 1. The molecule has 2 aliphatic heterocycles. The molecule has 0 amide bonds. The smallest absolute Gasteiger partial charge is 0.237 e. The third-order valence-corrected chi connectivity index (χ3v) is 7.89. The predicted octanol–water partition coefficient (Wildman–Crippen LogP) is 2.06. The number of fused-ring (bicyclic) bond motifs is 3. The topological polar surface area (TPSA) is 153 Å². The van der Waals surface area contributed by atoms with Crippen LogP contribution in [-0.4, -0.2) is 57.9 Å². The maximum absolute atomic E-state index is 12.1. The van der Waals surface area contributed by atoms with Crippen molar-refractivity contribution in [3.8, 4) is 17.0 Å². The van der Waals surface area contributed by atoms with Crippen LogP contribution < -0.4 is 21.1 Å². The van der Waals surface area contributed by atoms with Gasteiger partial charge in [0.1, 0.15) is 17.8 Å². The number of pyridine rings is 1. The third kappa shape index (κ3) is 3.68. The van der Waals surface area contributed by atoms with Gasteiger partial charge in [0, 0.05) is 36.8 Å². The first-order valence-electron chi connectivity index (χ1n) is 11.0. The molecule has 0 radical (unpaired) electrons. The molecule has 0 bridgehead atoms. The fraction of sp³-hybridized carbons (Fsp3) is 0.273. The zero-order valence-electron chi connectivity index (χ0n) is 19.1. The van der Waals surface area contributed by atoms with Crippen molar-refractivity contribution in [2.45, 2.75) is 19.3 Å². The monoisotopic (exact) mass is 493 g/mol. The van der Waals surface area contributed by atoms with E-state index in [0.29, 0.717) is 35.3 Å². The molecule has 0 saturated heterocycles. The Hall–Kier alpha value is -3.97. The van der Waals surface area contributed by atoms with E-state index in [1.54, 1.807) is 19.3 Å². The van der Waals surface area contributed by atoms with Gasteiger partial charge in [-0.05, 0) is 36.2 Å². The van der Waals surface area contributed by atoms with Crippen molar-refractivity contribution in [2.24, 2.45) is 0 Å². The summed E-state index contributed by atoms with van der Waals surface area (Å²) in [6.45, 7) is 3.59. The molecule has 0 atom stereocenters. The van der Waals surface area contributed by atoms with Gasteiger partial charge in [-0.15, -0.1) is 10.2 Å². The number of rotatable bonds is 3. The molecule has 0 aliphatic carbocycles. The van der Waals surface area contributed by atoms with E-state index in [4.69, 9.17) is 10.5 Å². The van der Waals surface area contributed by atoms with E-state index in [1.807, 2.05) is 25.1 Å². The van der Waals surface area contributed by atoms with Crippen molar-refractivity contribution in [3.05, 3.63) is 41.7 Å². The molecule has 35 heavy (non-hydrogen) atoms. The average Bonchev–Trinajstić information content (AvgIpc) is 3.19. The van der Waals surface area contributed by atoms with E-state index in [9.17, 15) is 8.42 Å². The maximum Gasteiger partial charge on any atom is 0.237 e. The minimum atomic E-state index is -3.36. The lowest BCUT2D eigenvalue weighted by Gasteiger charge is -2.22. The van der Waals surface area contributed by atoms with E-state index < -0.39 is 10.0 Å². The fourth-order valence-corrected chi connectivity index (χ4v) is 5.44. The number of hydrogen-bond acceptors (Lipinski definition) is 10. The molecule has 0 spiro atoms. The normalized spacial score (nSPS) is 16.7. The van der Waals surface area contributed by atoms with Crippen molar-refractivity contribution in [2.75, 3.05) is 36.6 Å². The van der Waals surface area contributed by atoms with E-state index in [-0.39, 0.29) is 12.4 Å². The first kappa shape index (κ1) is 21.6. The van der Waals surface area contributed by atoms with E-state index in [1.165, 1.54) is 8.99 Å². The summed E-state index contributed by atoms with van der Waals surface area (Å²) in [6.07, 6.45) is 1.79. The number of nitrogens with two attached hydrogens (primary N) is 1. The average molecular weight is 494 g/mol. The number of nitrogens with zero attached hydrogens (tertiary/aromatic N) is 6. The van der Waals surface area contributed by atoms with Crippen LogP contribution in [0.1, 0.15) is 11.3 Å². The Labute approximate surface area is 201 Å². The zero-order valence-corrected chi connectivity index (χ0v) is 19.9. The fourth-order valence-electron chi connectivity index (χ4n) is 4.38. The molecular formula is C22H23N9O3S. The van der Waals surface area contributed by atoms with Gasteiger partial charge < -0.3 is 21.1 Å². The molecule has 180 valence electrons. The van der Waals surface area contributed by atoms with Crippen LogP contribution in [0.15, 0.2) is 30.5 Å². The summed E-state index contributed by atoms with van der Waals surface area (Å²) >= 11 is 0. The number of aromatic nitrogens is 5. The van der Waals surface area contributed by atoms with E-state index >= 15 is 0 Å². The number of nitrogens with one attached hydrogen (secondary N) is 2. The van der Waals surface area contributed by atoms with Gasteiger partial charge in [0.15, 0.2) is 17.5 Å². The second-order valence-corrected chi connectivity index (χ2v) is 10.7. The summed E-state index contributed by atoms with van der Waals surface area (Å²) in [7, 11) is -1.81. The van der Waals surface area contributed by atoms with Crippen LogP contribution in [0.25, 0.3) is 22.0 Å². The van der Waals surface area contributed by atoms with Crippen LogP contribution in [0.4, 0.5) is 23.0 Å². The van der Waals surface area contributed by atoms with Gasteiger partial charge in [0.05, 0.1) is 17.9 Å². The standard InChI is InChI=1S/C22H23N9O3S/c1-12-16(9-25-22-20(12)24-3-4-34-22)13-5-14-7-18(27-28-21(14)17(23)6-13)26-19-8-15-10-30(2)35(32,33)11-31(15)29-19/h5-9,24H,3-4,10-11,23H2,1-2H3,(H,26,27,29). The molecule has 3 aromatic heterocycles. The number of benzene rings is 1. The number of anilines is 4. The third-order valence-electron chi connectivity index (χ3n) is 6.24. The lowest BCUT2D eigenvalue weighted by Crippen LogP contribution is -2.35. The van der Waals surface area contributed by atoms with Crippen LogP contribution in [0.5, 0.6) is 5.88 Å². The molecule has 4 N–H and O–H groups in total. The Morgan fingerprint density at radius 1 is 1.17 bits per heavy atom. The van der Waals surface area contributed by atoms with Crippen LogP contribution in [0, 0.1) is 6.92 Å². The molecule has 4 aromatic rings. The first-order chi connectivity index (χ1) is 16.8. The molecule has 13 heteroatoms. The number of sulfonamides is 1.